The molecule has 0 aromatic heterocycles. The van der Waals surface area contributed by atoms with Gasteiger partial charge in [0.05, 0.1) is 5.69 Å². The summed E-state index contributed by atoms with van der Waals surface area (Å²) in [7, 11) is 0. The lowest BCUT2D eigenvalue weighted by Gasteiger charge is -2.47. The number of carbonyl (C=O) groups is 3. The highest BCUT2D eigenvalue weighted by Gasteiger charge is 2.38. The average Bonchev–Trinajstić information content (AvgIpc) is 2.79. The zero-order valence-electron chi connectivity index (χ0n) is 20.6. The quantitative estimate of drug-likeness (QED) is 0.479. The lowest BCUT2D eigenvalue weighted by atomic mass is 9.79. The number of nitrogens with zero attached hydrogens (tertiary/aromatic N) is 2. The van der Waals surface area contributed by atoms with Crippen LogP contribution in [-0.2, 0) is 16.0 Å². The summed E-state index contributed by atoms with van der Waals surface area (Å²) in [4.78, 5) is 41.9. The Labute approximate surface area is 201 Å². The molecule has 4 amide bonds. The number of nitrogens with one attached hydrogen (secondary N) is 1. The lowest BCUT2D eigenvalue weighted by molar-refractivity contribution is -0.122. The smallest absolute Gasteiger partial charge is 0.335 e. The number of rotatable bonds is 5. The Morgan fingerprint density at radius 1 is 1.06 bits per heavy atom. The maximum atomic E-state index is 13.2. The first-order valence-corrected chi connectivity index (χ1v) is 12.1. The van der Waals surface area contributed by atoms with Crippen molar-refractivity contribution in [2.45, 2.75) is 65.3 Å². The summed E-state index contributed by atoms with van der Waals surface area (Å²) in [5.74, 6) is -0.934. The number of anilines is 2. The minimum atomic E-state index is -0.729. The molecule has 6 heteroatoms. The van der Waals surface area contributed by atoms with Gasteiger partial charge in [-0.3, -0.25) is 14.9 Å². The van der Waals surface area contributed by atoms with Gasteiger partial charge in [-0.2, -0.15) is 0 Å². The van der Waals surface area contributed by atoms with E-state index in [1.165, 1.54) is 11.3 Å². The molecular weight excluding hydrogens is 426 g/mol. The van der Waals surface area contributed by atoms with Crippen LogP contribution >= 0.6 is 0 Å². The number of benzene rings is 2. The van der Waals surface area contributed by atoms with Gasteiger partial charge in [0.1, 0.15) is 5.57 Å². The van der Waals surface area contributed by atoms with Gasteiger partial charge in [-0.15, -0.1) is 0 Å². The van der Waals surface area contributed by atoms with Crippen molar-refractivity contribution in [1.29, 1.82) is 0 Å². The van der Waals surface area contributed by atoms with Crippen molar-refractivity contribution < 1.29 is 14.4 Å². The molecular formula is C28H33N3O3. The van der Waals surface area contributed by atoms with Crippen LogP contribution < -0.4 is 15.1 Å². The Morgan fingerprint density at radius 2 is 1.76 bits per heavy atom. The first kappa shape index (κ1) is 23.7. The summed E-state index contributed by atoms with van der Waals surface area (Å²) in [6, 6.07) is 12.6. The number of fused-ring (bicyclic) bond motifs is 1. The molecule has 0 aliphatic carbocycles. The molecule has 6 nitrogen and oxygen atoms in total. The Kier molecular flexibility index (Phi) is 6.34. The summed E-state index contributed by atoms with van der Waals surface area (Å²) in [6.45, 7) is 12.0. The number of amides is 4. The monoisotopic (exact) mass is 459 g/mol. The number of hydrogen-bond donors (Lipinski definition) is 1. The fourth-order valence-corrected chi connectivity index (χ4v) is 5.18. The SMILES string of the molecule is CCCN1c2ccc(/C=C3/C(=O)NC(=O)N(c4ccc(CC)cc4)C3=O)cc2C(C)CC1(C)C. The highest BCUT2D eigenvalue weighted by atomic mass is 16.2. The zero-order chi connectivity index (χ0) is 24.6. The van der Waals surface area contributed by atoms with Crippen LogP contribution in [0.4, 0.5) is 16.2 Å². The van der Waals surface area contributed by atoms with E-state index < -0.39 is 17.8 Å². The van der Waals surface area contributed by atoms with Crippen molar-refractivity contribution in [3.63, 3.8) is 0 Å². The molecule has 0 bridgehead atoms. The van der Waals surface area contributed by atoms with Crippen LogP contribution in [0.25, 0.3) is 6.08 Å². The fourth-order valence-electron chi connectivity index (χ4n) is 5.18. The maximum absolute atomic E-state index is 13.2. The van der Waals surface area contributed by atoms with Crippen LogP contribution in [0.2, 0.25) is 0 Å². The van der Waals surface area contributed by atoms with Crippen molar-refractivity contribution >= 4 is 35.3 Å². The molecule has 0 saturated carbocycles. The topological polar surface area (TPSA) is 69.7 Å². The molecule has 2 aliphatic rings. The Morgan fingerprint density at radius 3 is 2.41 bits per heavy atom. The number of urea groups is 1. The van der Waals surface area contributed by atoms with Gasteiger partial charge in [0.2, 0.25) is 0 Å². The predicted molar refractivity (Wildman–Crippen MR) is 136 cm³/mol. The summed E-state index contributed by atoms with van der Waals surface area (Å²) in [5, 5.41) is 2.31. The van der Waals surface area contributed by atoms with E-state index in [4.69, 9.17) is 0 Å². The molecule has 1 atom stereocenters. The molecule has 34 heavy (non-hydrogen) atoms. The van der Waals surface area contributed by atoms with Gasteiger partial charge >= 0.3 is 6.03 Å². The summed E-state index contributed by atoms with van der Waals surface area (Å²) < 4.78 is 0. The van der Waals surface area contributed by atoms with E-state index in [9.17, 15) is 14.4 Å². The van der Waals surface area contributed by atoms with Gasteiger partial charge < -0.3 is 4.90 Å². The molecule has 1 saturated heterocycles. The van der Waals surface area contributed by atoms with E-state index >= 15 is 0 Å². The molecule has 1 fully saturated rings. The van der Waals surface area contributed by atoms with Crippen LogP contribution in [0.1, 0.15) is 70.1 Å². The number of aryl methyl sites for hydroxylation is 1. The van der Waals surface area contributed by atoms with Crippen molar-refractivity contribution in [1.82, 2.24) is 5.32 Å². The van der Waals surface area contributed by atoms with E-state index in [2.05, 4.69) is 50.0 Å². The minimum absolute atomic E-state index is 0.0478. The van der Waals surface area contributed by atoms with Gasteiger partial charge in [0, 0.05) is 17.8 Å². The lowest BCUT2D eigenvalue weighted by Crippen LogP contribution is -2.54. The van der Waals surface area contributed by atoms with Gasteiger partial charge in [-0.25, -0.2) is 9.69 Å². The fraction of sp³-hybridized carbons (Fsp3) is 0.393. The second-order valence-electron chi connectivity index (χ2n) is 9.87. The molecule has 2 aliphatic heterocycles. The molecule has 2 aromatic carbocycles. The minimum Gasteiger partial charge on any atom is -0.366 e. The van der Waals surface area contributed by atoms with Crippen molar-refractivity contribution in [3.8, 4) is 0 Å². The summed E-state index contributed by atoms with van der Waals surface area (Å²) in [5.41, 5.74) is 4.76. The first-order chi connectivity index (χ1) is 16.2. The number of barbiturate groups is 1. The van der Waals surface area contributed by atoms with Crippen LogP contribution in [0.15, 0.2) is 48.0 Å². The number of carbonyl (C=O) groups excluding carboxylic acids is 3. The van der Waals surface area contributed by atoms with E-state index in [0.717, 1.165) is 41.8 Å². The van der Waals surface area contributed by atoms with Gasteiger partial charge in [0.25, 0.3) is 11.8 Å². The highest BCUT2D eigenvalue weighted by Crippen LogP contribution is 2.43. The predicted octanol–water partition coefficient (Wildman–Crippen LogP) is 5.42. The normalized spacial score (nSPS) is 21.0. The summed E-state index contributed by atoms with van der Waals surface area (Å²) >= 11 is 0. The Bertz CT molecular complexity index is 1160. The molecule has 1 unspecified atom stereocenters. The third-order valence-electron chi connectivity index (χ3n) is 6.87. The molecule has 2 aromatic rings. The molecule has 0 spiro atoms. The van der Waals surface area contributed by atoms with E-state index in [0.29, 0.717) is 11.6 Å². The third kappa shape index (κ3) is 4.25. The maximum Gasteiger partial charge on any atom is 0.335 e. The first-order valence-electron chi connectivity index (χ1n) is 12.1. The van der Waals surface area contributed by atoms with Gasteiger partial charge in [-0.1, -0.05) is 39.0 Å². The second-order valence-corrected chi connectivity index (χ2v) is 9.87. The number of imide groups is 2. The largest absolute Gasteiger partial charge is 0.366 e. The Balaban J connectivity index is 1.70. The van der Waals surface area contributed by atoms with Crippen molar-refractivity contribution in [2.75, 3.05) is 16.3 Å². The van der Waals surface area contributed by atoms with Crippen molar-refractivity contribution in [2.24, 2.45) is 0 Å². The number of hydrogen-bond acceptors (Lipinski definition) is 4. The highest BCUT2D eigenvalue weighted by molar-refractivity contribution is 6.39. The molecule has 0 radical (unpaired) electrons. The van der Waals surface area contributed by atoms with Crippen LogP contribution in [0, 0.1) is 0 Å². The van der Waals surface area contributed by atoms with E-state index in [-0.39, 0.29) is 11.1 Å². The summed E-state index contributed by atoms with van der Waals surface area (Å²) in [6.07, 6.45) is 4.53. The molecule has 2 heterocycles. The molecule has 178 valence electrons. The zero-order valence-corrected chi connectivity index (χ0v) is 20.6. The third-order valence-corrected chi connectivity index (χ3v) is 6.87. The van der Waals surface area contributed by atoms with E-state index in [1.54, 1.807) is 18.2 Å². The molecule has 1 N–H and O–H groups in total. The standard InChI is InChI=1S/C28H33N3O3/c1-6-14-30-24-13-10-20(15-22(24)18(3)17-28(30,4)5)16-23-25(32)29-27(34)31(26(23)33)21-11-8-19(7-2)9-12-21/h8-13,15-16,18H,6-7,14,17H2,1-5H3,(H,29,32,34)/b23-16-. The van der Waals surface area contributed by atoms with Crippen LogP contribution in [-0.4, -0.2) is 29.9 Å². The van der Waals surface area contributed by atoms with Crippen LogP contribution in [0.3, 0.4) is 0 Å². The van der Waals surface area contributed by atoms with Gasteiger partial charge in [0.15, 0.2) is 0 Å². The van der Waals surface area contributed by atoms with E-state index in [1.807, 2.05) is 25.1 Å². The Hall–Kier alpha value is -3.41. The molecule has 4 rings (SSSR count). The van der Waals surface area contributed by atoms with Crippen LogP contribution in [0.5, 0.6) is 0 Å². The average molecular weight is 460 g/mol. The van der Waals surface area contributed by atoms with Gasteiger partial charge in [-0.05, 0) is 86.1 Å². The van der Waals surface area contributed by atoms with Crippen molar-refractivity contribution in [3.05, 3.63) is 64.7 Å². The second kappa shape index (κ2) is 9.09.